The molecule has 0 saturated carbocycles. The highest BCUT2D eigenvalue weighted by atomic mass is 32.1. The standard InChI is InChI=1S/C15H23N3S/c1-4-6-17-15(12(2)3)13-5-7-18(9-13)10-14-8-16-11-19-14/h5,7-9,11-12,15,17H,4,6,10H2,1-3H3. The summed E-state index contributed by atoms with van der Waals surface area (Å²) in [6.07, 6.45) is 7.54. The van der Waals surface area contributed by atoms with E-state index in [0.717, 1.165) is 13.1 Å². The molecule has 1 N–H and O–H groups in total. The molecule has 104 valence electrons. The summed E-state index contributed by atoms with van der Waals surface area (Å²) in [7, 11) is 0. The normalized spacial score (nSPS) is 13.1. The van der Waals surface area contributed by atoms with E-state index >= 15 is 0 Å². The molecular formula is C15H23N3S. The van der Waals surface area contributed by atoms with Crippen LogP contribution in [-0.2, 0) is 6.54 Å². The summed E-state index contributed by atoms with van der Waals surface area (Å²) in [5.74, 6) is 0.603. The second kappa shape index (κ2) is 6.87. The Morgan fingerprint density at radius 3 is 2.89 bits per heavy atom. The predicted molar refractivity (Wildman–Crippen MR) is 81.5 cm³/mol. The van der Waals surface area contributed by atoms with Crippen LogP contribution in [0.2, 0.25) is 0 Å². The van der Waals surface area contributed by atoms with Gasteiger partial charge in [-0.2, -0.15) is 0 Å². The lowest BCUT2D eigenvalue weighted by atomic mass is 9.98. The van der Waals surface area contributed by atoms with E-state index in [-0.39, 0.29) is 0 Å². The number of hydrogen-bond donors (Lipinski definition) is 1. The van der Waals surface area contributed by atoms with Crippen molar-refractivity contribution in [3.8, 4) is 0 Å². The fraction of sp³-hybridized carbons (Fsp3) is 0.533. The highest BCUT2D eigenvalue weighted by molar-refractivity contribution is 7.09. The van der Waals surface area contributed by atoms with Gasteiger partial charge in [-0.15, -0.1) is 11.3 Å². The van der Waals surface area contributed by atoms with Crippen molar-refractivity contribution in [2.45, 2.75) is 39.8 Å². The highest BCUT2D eigenvalue weighted by Gasteiger charge is 2.15. The van der Waals surface area contributed by atoms with Crippen molar-refractivity contribution < 1.29 is 0 Å². The van der Waals surface area contributed by atoms with Crippen LogP contribution >= 0.6 is 11.3 Å². The van der Waals surface area contributed by atoms with Gasteiger partial charge in [0.2, 0.25) is 0 Å². The van der Waals surface area contributed by atoms with Crippen LogP contribution in [0.3, 0.4) is 0 Å². The van der Waals surface area contributed by atoms with Crippen LogP contribution in [0.15, 0.2) is 30.2 Å². The zero-order valence-electron chi connectivity index (χ0n) is 12.0. The van der Waals surface area contributed by atoms with Gasteiger partial charge in [-0.1, -0.05) is 20.8 Å². The van der Waals surface area contributed by atoms with Gasteiger partial charge in [0.05, 0.1) is 12.1 Å². The fourth-order valence-corrected chi connectivity index (χ4v) is 2.88. The number of rotatable bonds is 7. The van der Waals surface area contributed by atoms with Crippen LogP contribution in [-0.4, -0.2) is 16.1 Å². The molecule has 0 bridgehead atoms. The Morgan fingerprint density at radius 1 is 1.42 bits per heavy atom. The zero-order valence-corrected chi connectivity index (χ0v) is 12.8. The summed E-state index contributed by atoms with van der Waals surface area (Å²) in [5.41, 5.74) is 3.27. The van der Waals surface area contributed by atoms with Crippen molar-refractivity contribution in [3.63, 3.8) is 0 Å². The van der Waals surface area contributed by atoms with Crippen LogP contribution in [0.25, 0.3) is 0 Å². The summed E-state index contributed by atoms with van der Waals surface area (Å²) in [5, 5.41) is 3.63. The van der Waals surface area contributed by atoms with Gasteiger partial charge in [-0.25, -0.2) is 0 Å². The topological polar surface area (TPSA) is 29.9 Å². The van der Waals surface area contributed by atoms with Crippen LogP contribution in [0.4, 0.5) is 0 Å². The van der Waals surface area contributed by atoms with Gasteiger partial charge >= 0.3 is 0 Å². The third-order valence-electron chi connectivity index (χ3n) is 3.24. The summed E-state index contributed by atoms with van der Waals surface area (Å²) >= 11 is 1.71. The smallest absolute Gasteiger partial charge is 0.0794 e. The molecule has 2 rings (SSSR count). The molecule has 3 nitrogen and oxygen atoms in total. The molecule has 0 aliphatic heterocycles. The van der Waals surface area contributed by atoms with Crippen molar-refractivity contribution in [2.75, 3.05) is 6.54 Å². The monoisotopic (exact) mass is 277 g/mol. The largest absolute Gasteiger partial charge is 0.349 e. The summed E-state index contributed by atoms with van der Waals surface area (Å²) in [4.78, 5) is 5.42. The molecular weight excluding hydrogens is 254 g/mol. The Kier molecular flexibility index (Phi) is 5.16. The van der Waals surface area contributed by atoms with Gasteiger partial charge < -0.3 is 9.88 Å². The minimum atomic E-state index is 0.447. The average Bonchev–Trinajstić information content (AvgIpc) is 3.02. The fourth-order valence-electron chi connectivity index (χ4n) is 2.28. The number of hydrogen-bond acceptors (Lipinski definition) is 3. The molecule has 0 radical (unpaired) electrons. The van der Waals surface area contributed by atoms with Crippen LogP contribution in [0.5, 0.6) is 0 Å². The lowest BCUT2D eigenvalue weighted by Crippen LogP contribution is -2.26. The number of nitrogens with zero attached hydrogens (tertiary/aromatic N) is 2. The second-order valence-corrected chi connectivity index (χ2v) is 6.23. The first-order valence-corrected chi connectivity index (χ1v) is 7.85. The van der Waals surface area contributed by atoms with Crippen molar-refractivity contribution in [1.82, 2.24) is 14.9 Å². The Hall–Kier alpha value is -1.13. The third kappa shape index (κ3) is 3.91. The minimum Gasteiger partial charge on any atom is -0.349 e. The molecule has 4 heteroatoms. The summed E-state index contributed by atoms with van der Waals surface area (Å²) < 4.78 is 2.24. The van der Waals surface area contributed by atoms with Gasteiger partial charge in [0, 0.05) is 29.5 Å². The number of thiazole rings is 1. The van der Waals surface area contributed by atoms with E-state index in [4.69, 9.17) is 0 Å². The van der Waals surface area contributed by atoms with E-state index in [2.05, 4.69) is 54.1 Å². The van der Waals surface area contributed by atoms with E-state index < -0.39 is 0 Å². The van der Waals surface area contributed by atoms with E-state index in [1.165, 1.54) is 16.9 Å². The van der Waals surface area contributed by atoms with Crippen molar-refractivity contribution in [3.05, 3.63) is 40.6 Å². The molecule has 2 aromatic heterocycles. The van der Waals surface area contributed by atoms with Crippen LogP contribution < -0.4 is 5.32 Å². The average molecular weight is 277 g/mol. The maximum absolute atomic E-state index is 4.12. The minimum absolute atomic E-state index is 0.447. The predicted octanol–water partition coefficient (Wildman–Crippen LogP) is 3.69. The highest BCUT2D eigenvalue weighted by Crippen LogP contribution is 2.22. The van der Waals surface area contributed by atoms with Crippen molar-refractivity contribution in [2.24, 2.45) is 5.92 Å². The van der Waals surface area contributed by atoms with E-state index in [1.807, 2.05) is 11.7 Å². The molecule has 0 amide bonds. The van der Waals surface area contributed by atoms with Gasteiger partial charge in [-0.05, 0) is 30.5 Å². The molecule has 0 aromatic carbocycles. The van der Waals surface area contributed by atoms with Gasteiger partial charge in [0.15, 0.2) is 0 Å². The third-order valence-corrected chi connectivity index (χ3v) is 4.00. The molecule has 2 heterocycles. The maximum atomic E-state index is 4.12. The summed E-state index contributed by atoms with van der Waals surface area (Å²) in [6.45, 7) is 8.74. The zero-order chi connectivity index (χ0) is 13.7. The van der Waals surface area contributed by atoms with E-state index in [9.17, 15) is 0 Å². The lowest BCUT2D eigenvalue weighted by Gasteiger charge is -2.21. The molecule has 0 aliphatic carbocycles. The second-order valence-electron chi connectivity index (χ2n) is 5.26. The number of aromatic nitrogens is 2. The molecule has 19 heavy (non-hydrogen) atoms. The van der Waals surface area contributed by atoms with Gasteiger partial charge in [0.25, 0.3) is 0 Å². The SMILES string of the molecule is CCCNC(c1ccn(Cc2cncs2)c1)C(C)C. The van der Waals surface area contributed by atoms with Crippen LogP contribution in [0.1, 0.15) is 43.7 Å². The van der Waals surface area contributed by atoms with E-state index in [0.29, 0.717) is 12.0 Å². The number of nitrogens with one attached hydrogen (secondary N) is 1. The Labute approximate surface area is 119 Å². The maximum Gasteiger partial charge on any atom is 0.0794 e. The van der Waals surface area contributed by atoms with Gasteiger partial charge in [0.1, 0.15) is 0 Å². The Balaban J connectivity index is 2.05. The van der Waals surface area contributed by atoms with Crippen molar-refractivity contribution in [1.29, 1.82) is 0 Å². The Morgan fingerprint density at radius 2 is 2.26 bits per heavy atom. The molecule has 2 aromatic rings. The van der Waals surface area contributed by atoms with E-state index in [1.54, 1.807) is 11.3 Å². The molecule has 0 aliphatic rings. The first-order valence-electron chi connectivity index (χ1n) is 6.97. The molecule has 0 fully saturated rings. The summed E-state index contributed by atoms with van der Waals surface area (Å²) in [6, 6.07) is 2.68. The first-order chi connectivity index (χ1) is 9.20. The Bertz CT molecular complexity index is 473. The lowest BCUT2D eigenvalue weighted by molar-refractivity contribution is 0.412. The van der Waals surface area contributed by atoms with Crippen molar-refractivity contribution >= 4 is 11.3 Å². The molecule has 0 spiro atoms. The first kappa shape index (κ1) is 14.3. The molecule has 0 saturated heterocycles. The molecule has 1 atom stereocenters. The molecule has 1 unspecified atom stereocenters. The van der Waals surface area contributed by atoms with Gasteiger partial charge in [-0.3, -0.25) is 4.98 Å². The van der Waals surface area contributed by atoms with Crippen LogP contribution in [0, 0.1) is 5.92 Å². The quantitative estimate of drug-likeness (QED) is 0.836.